The molecule has 0 radical (unpaired) electrons. The molecule has 3 nitrogen and oxygen atoms in total. The summed E-state index contributed by atoms with van der Waals surface area (Å²) < 4.78 is 10.2. The molecule has 1 aromatic heterocycles. The van der Waals surface area contributed by atoms with Gasteiger partial charge in [-0.15, -0.1) is 11.3 Å². The van der Waals surface area contributed by atoms with Crippen molar-refractivity contribution in [2.45, 2.75) is 0 Å². The molecular formula is C13H11ClO3S. The minimum Gasteiger partial charge on any atom is -0.495 e. The van der Waals surface area contributed by atoms with Gasteiger partial charge in [0.25, 0.3) is 0 Å². The topological polar surface area (TPSA) is 35.5 Å². The molecular weight excluding hydrogens is 272 g/mol. The highest BCUT2D eigenvalue weighted by atomic mass is 35.5. The Kier molecular flexibility index (Phi) is 3.89. The lowest BCUT2D eigenvalue weighted by atomic mass is 10.1. The van der Waals surface area contributed by atoms with Crippen LogP contribution in [0.3, 0.4) is 0 Å². The summed E-state index contributed by atoms with van der Waals surface area (Å²) >= 11 is 7.27. The van der Waals surface area contributed by atoms with Gasteiger partial charge in [0.2, 0.25) is 5.78 Å². The number of carbonyl (C=O) groups is 1. The Morgan fingerprint density at radius 2 is 1.89 bits per heavy atom. The number of rotatable bonds is 4. The van der Waals surface area contributed by atoms with Gasteiger partial charge in [-0.2, -0.15) is 0 Å². The van der Waals surface area contributed by atoms with Crippen molar-refractivity contribution in [2.24, 2.45) is 0 Å². The van der Waals surface area contributed by atoms with Crippen LogP contribution in [0, 0.1) is 0 Å². The zero-order valence-corrected chi connectivity index (χ0v) is 11.5. The summed E-state index contributed by atoms with van der Waals surface area (Å²) in [6.07, 6.45) is 0. The van der Waals surface area contributed by atoms with Crippen molar-refractivity contribution in [1.29, 1.82) is 0 Å². The molecule has 0 aliphatic heterocycles. The van der Waals surface area contributed by atoms with Crippen molar-refractivity contribution < 1.29 is 14.3 Å². The van der Waals surface area contributed by atoms with Gasteiger partial charge in [0.05, 0.1) is 19.2 Å². The summed E-state index contributed by atoms with van der Waals surface area (Å²) in [6, 6.07) is 6.72. The maximum atomic E-state index is 12.3. The average molecular weight is 283 g/mol. The third-order valence-corrected chi connectivity index (χ3v) is 3.68. The Hall–Kier alpha value is -1.52. The van der Waals surface area contributed by atoms with E-state index in [4.69, 9.17) is 21.1 Å². The predicted octanol–water partition coefficient (Wildman–Crippen LogP) is 3.65. The molecule has 0 saturated carbocycles. The van der Waals surface area contributed by atoms with Gasteiger partial charge in [0.1, 0.15) is 16.4 Å². The molecule has 0 spiro atoms. The Balaban J connectivity index is 2.40. The van der Waals surface area contributed by atoms with E-state index < -0.39 is 0 Å². The van der Waals surface area contributed by atoms with Crippen molar-refractivity contribution in [3.63, 3.8) is 0 Å². The number of benzene rings is 1. The highest BCUT2D eigenvalue weighted by Crippen LogP contribution is 2.30. The monoisotopic (exact) mass is 282 g/mol. The maximum Gasteiger partial charge on any atom is 0.206 e. The molecule has 2 rings (SSSR count). The van der Waals surface area contributed by atoms with Crippen LogP contribution in [0.4, 0.5) is 0 Å². The van der Waals surface area contributed by atoms with E-state index in [2.05, 4.69) is 0 Å². The van der Waals surface area contributed by atoms with Crippen molar-refractivity contribution in [1.82, 2.24) is 0 Å². The van der Waals surface area contributed by atoms with Gasteiger partial charge in [0, 0.05) is 5.56 Å². The van der Waals surface area contributed by atoms with Gasteiger partial charge in [-0.25, -0.2) is 0 Å². The first kappa shape index (κ1) is 12.9. The van der Waals surface area contributed by atoms with E-state index in [1.165, 1.54) is 18.4 Å². The number of ether oxygens (including phenoxy) is 2. The first-order valence-electron chi connectivity index (χ1n) is 5.17. The van der Waals surface area contributed by atoms with Gasteiger partial charge in [-0.1, -0.05) is 11.6 Å². The zero-order chi connectivity index (χ0) is 13.1. The van der Waals surface area contributed by atoms with E-state index in [9.17, 15) is 4.79 Å². The normalized spacial score (nSPS) is 10.2. The summed E-state index contributed by atoms with van der Waals surface area (Å²) in [5, 5.41) is 2.30. The van der Waals surface area contributed by atoms with Crippen LogP contribution in [0.2, 0.25) is 5.02 Å². The molecule has 0 atom stereocenters. The third kappa shape index (κ3) is 2.35. The standard InChI is InChI=1S/C13H11ClO3S/c1-16-10-5-6-18-13(10)12(15)8-3-4-9(14)11(7-8)17-2/h3-7H,1-2H3. The van der Waals surface area contributed by atoms with E-state index in [1.54, 1.807) is 31.4 Å². The number of hydrogen-bond acceptors (Lipinski definition) is 4. The summed E-state index contributed by atoms with van der Waals surface area (Å²) in [7, 11) is 3.06. The second-order valence-corrected chi connectivity index (χ2v) is 4.82. The summed E-state index contributed by atoms with van der Waals surface area (Å²) in [5.41, 5.74) is 0.525. The van der Waals surface area contributed by atoms with Crippen LogP contribution in [0.25, 0.3) is 0 Å². The van der Waals surface area contributed by atoms with Crippen LogP contribution in [-0.4, -0.2) is 20.0 Å². The predicted molar refractivity (Wildman–Crippen MR) is 72.3 cm³/mol. The molecule has 1 aromatic carbocycles. The largest absolute Gasteiger partial charge is 0.495 e. The van der Waals surface area contributed by atoms with Crippen molar-refractivity contribution in [3.05, 3.63) is 45.1 Å². The number of halogens is 1. The van der Waals surface area contributed by atoms with Gasteiger partial charge in [0.15, 0.2) is 0 Å². The Morgan fingerprint density at radius 1 is 1.17 bits per heavy atom. The van der Waals surface area contributed by atoms with E-state index in [0.29, 0.717) is 27.0 Å². The Labute approximate surface area is 114 Å². The smallest absolute Gasteiger partial charge is 0.206 e. The molecule has 0 saturated heterocycles. The molecule has 5 heteroatoms. The van der Waals surface area contributed by atoms with Gasteiger partial charge < -0.3 is 9.47 Å². The number of thiophene rings is 1. The molecule has 0 aliphatic rings. The highest BCUT2D eigenvalue weighted by Gasteiger charge is 2.17. The van der Waals surface area contributed by atoms with Crippen LogP contribution in [0.15, 0.2) is 29.6 Å². The molecule has 18 heavy (non-hydrogen) atoms. The molecule has 0 N–H and O–H groups in total. The highest BCUT2D eigenvalue weighted by molar-refractivity contribution is 7.12. The summed E-state index contributed by atoms with van der Waals surface area (Å²) in [6.45, 7) is 0. The lowest BCUT2D eigenvalue weighted by Gasteiger charge is -2.06. The van der Waals surface area contributed by atoms with Crippen molar-refractivity contribution in [3.8, 4) is 11.5 Å². The van der Waals surface area contributed by atoms with Crippen LogP contribution in [0.5, 0.6) is 11.5 Å². The zero-order valence-electron chi connectivity index (χ0n) is 9.90. The van der Waals surface area contributed by atoms with E-state index in [0.717, 1.165) is 0 Å². The van der Waals surface area contributed by atoms with Gasteiger partial charge in [-0.3, -0.25) is 4.79 Å². The molecule has 1 heterocycles. The lowest BCUT2D eigenvalue weighted by molar-refractivity contribution is 0.103. The van der Waals surface area contributed by atoms with Crippen LogP contribution >= 0.6 is 22.9 Å². The molecule has 94 valence electrons. The molecule has 0 aliphatic carbocycles. The fraction of sp³-hybridized carbons (Fsp3) is 0.154. The quantitative estimate of drug-likeness (QED) is 0.803. The number of hydrogen-bond donors (Lipinski definition) is 0. The summed E-state index contributed by atoms with van der Waals surface area (Å²) in [4.78, 5) is 12.9. The van der Waals surface area contributed by atoms with E-state index >= 15 is 0 Å². The minimum absolute atomic E-state index is 0.100. The molecule has 0 fully saturated rings. The SMILES string of the molecule is COc1cc(C(=O)c2sccc2OC)ccc1Cl. The second-order valence-electron chi connectivity index (χ2n) is 3.50. The van der Waals surface area contributed by atoms with Crippen LogP contribution in [0.1, 0.15) is 15.2 Å². The maximum absolute atomic E-state index is 12.3. The van der Waals surface area contributed by atoms with E-state index in [-0.39, 0.29) is 5.78 Å². The second kappa shape index (κ2) is 5.42. The number of carbonyl (C=O) groups excluding carboxylic acids is 1. The van der Waals surface area contributed by atoms with Crippen LogP contribution < -0.4 is 9.47 Å². The van der Waals surface area contributed by atoms with Gasteiger partial charge in [-0.05, 0) is 29.6 Å². The molecule has 2 aromatic rings. The van der Waals surface area contributed by atoms with Crippen molar-refractivity contribution in [2.75, 3.05) is 14.2 Å². The van der Waals surface area contributed by atoms with Gasteiger partial charge >= 0.3 is 0 Å². The fourth-order valence-corrected chi connectivity index (χ4v) is 2.57. The third-order valence-electron chi connectivity index (χ3n) is 2.47. The average Bonchev–Trinajstić information content (AvgIpc) is 2.86. The molecule has 0 bridgehead atoms. The molecule has 0 unspecified atom stereocenters. The number of methoxy groups -OCH3 is 2. The minimum atomic E-state index is -0.100. The Morgan fingerprint density at radius 3 is 2.56 bits per heavy atom. The first-order valence-corrected chi connectivity index (χ1v) is 6.43. The fourth-order valence-electron chi connectivity index (χ4n) is 1.56. The number of ketones is 1. The molecule has 0 amide bonds. The van der Waals surface area contributed by atoms with Crippen molar-refractivity contribution >= 4 is 28.7 Å². The van der Waals surface area contributed by atoms with Crippen LogP contribution in [-0.2, 0) is 0 Å². The lowest BCUT2D eigenvalue weighted by Crippen LogP contribution is -2.01. The Bertz CT molecular complexity index is 577. The van der Waals surface area contributed by atoms with E-state index in [1.807, 2.05) is 5.38 Å². The first-order chi connectivity index (χ1) is 8.67. The summed E-state index contributed by atoms with van der Waals surface area (Å²) in [5.74, 6) is 0.966.